The van der Waals surface area contributed by atoms with Gasteiger partial charge in [-0.05, 0) is 37.5 Å². The smallest absolute Gasteiger partial charge is 0.0604 e. The predicted octanol–water partition coefficient (Wildman–Crippen LogP) is 2.42. The molecule has 1 aliphatic carbocycles. The molecule has 1 saturated heterocycles. The summed E-state index contributed by atoms with van der Waals surface area (Å²) in [5.41, 5.74) is 0. The Morgan fingerprint density at radius 2 is 2.18 bits per heavy atom. The van der Waals surface area contributed by atoms with Crippen LogP contribution in [0.5, 0.6) is 0 Å². The summed E-state index contributed by atoms with van der Waals surface area (Å²) in [6, 6.07) is 0. The van der Waals surface area contributed by atoms with Crippen LogP contribution in [-0.4, -0.2) is 12.7 Å². The first-order chi connectivity index (χ1) is 5.40. The van der Waals surface area contributed by atoms with Crippen LogP contribution >= 0.6 is 0 Å². The third-order valence-electron chi connectivity index (χ3n) is 3.25. The highest BCUT2D eigenvalue weighted by Gasteiger charge is 2.33. The van der Waals surface area contributed by atoms with E-state index in [4.69, 9.17) is 4.74 Å². The molecule has 0 spiro atoms. The molecule has 2 fully saturated rings. The van der Waals surface area contributed by atoms with Gasteiger partial charge >= 0.3 is 0 Å². The average Bonchev–Trinajstić information content (AvgIpc) is 2.50. The third-order valence-corrected chi connectivity index (χ3v) is 3.25. The van der Waals surface area contributed by atoms with Crippen molar-refractivity contribution in [1.29, 1.82) is 0 Å². The minimum absolute atomic E-state index is 0.623. The molecule has 1 aliphatic heterocycles. The van der Waals surface area contributed by atoms with E-state index in [2.05, 4.69) is 6.92 Å². The van der Waals surface area contributed by atoms with Crippen LogP contribution in [0.2, 0.25) is 0 Å². The number of ether oxygens (including phenoxy) is 1. The lowest BCUT2D eigenvalue weighted by atomic mass is 9.78. The van der Waals surface area contributed by atoms with Crippen LogP contribution in [0.3, 0.4) is 0 Å². The van der Waals surface area contributed by atoms with E-state index in [1.54, 1.807) is 0 Å². The van der Waals surface area contributed by atoms with Crippen LogP contribution in [0.25, 0.3) is 0 Å². The highest BCUT2D eigenvalue weighted by atomic mass is 16.5. The summed E-state index contributed by atoms with van der Waals surface area (Å²) < 4.78 is 5.63. The van der Waals surface area contributed by atoms with Crippen molar-refractivity contribution in [3.05, 3.63) is 6.92 Å². The lowest BCUT2D eigenvalue weighted by Crippen LogP contribution is -2.25. The standard InChI is InChI=1S/C10H17O/c1-2-8-3-4-10-9(7-8)5-6-11-10/h8-10H,1-7H2. The van der Waals surface area contributed by atoms with Crippen molar-refractivity contribution >= 4 is 0 Å². The summed E-state index contributed by atoms with van der Waals surface area (Å²) in [6.07, 6.45) is 7.09. The van der Waals surface area contributed by atoms with Gasteiger partial charge < -0.3 is 4.74 Å². The molecule has 0 bridgehead atoms. The first-order valence-electron chi connectivity index (χ1n) is 4.81. The summed E-state index contributed by atoms with van der Waals surface area (Å²) in [5.74, 6) is 1.79. The summed E-state index contributed by atoms with van der Waals surface area (Å²) >= 11 is 0. The first-order valence-corrected chi connectivity index (χ1v) is 4.81. The zero-order chi connectivity index (χ0) is 7.68. The number of hydrogen-bond acceptors (Lipinski definition) is 1. The number of fused-ring (bicyclic) bond motifs is 1. The van der Waals surface area contributed by atoms with Crippen LogP contribution < -0.4 is 0 Å². The molecule has 0 aromatic rings. The molecule has 1 radical (unpaired) electrons. The highest BCUT2D eigenvalue weighted by molar-refractivity contribution is 4.84. The fourth-order valence-electron chi connectivity index (χ4n) is 2.49. The molecule has 2 aliphatic rings. The summed E-state index contributed by atoms with van der Waals surface area (Å²) in [6.45, 7) is 5.00. The Labute approximate surface area is 69.1 Å². The molecule has 0 aromatic carbocycles. The Bertz CT molecular complexity index is 133. The fraction of sp³-hybridized carbons (Fsp3) is 0.900. The van der Waals surface area contributed by atoms with Gasteiger partial charge in [0.25, 0.3) is 0 Å². The van der Waals surface area contributed by atoms with Crippen LogP contribution in [0.4, 0.5) is 0 Å². The first kappa shape index (κ1) is 7.60. The molecule has 63 valence electrons. The maximum absolute atomic E-state index is 5.63. The Balaban J connectivity index is 1.91. The molecule has 1 nitrogen and oxygen atoms in total. The minimum Gasteiger partial charge on any atom is -0.378 e. The summed E-state index contributed by atoms with van der Waals surface area (Å²) in [7, 11) is 0. The average molecular weight is 153 g/mol. The monoisotopic (exact) mass is 153 g/mol. The second-order valence-electron chi connectivity index (χ2n) is 3.93. The molecule has 3 atom stereocenters. The minimum atomic E-state index is 0.623. The molecule has 0 aromatic heterocycles. The molecule has 2 rings (SSSR count). The summed E-state index contributed by atoms with van der Waals surface area (Å²) in [4.78, 5) is 0. The summed E-state index contributed by atoms with van der Waals surface area (Å²) in [5, 5.41) is 0. The Hall–Kier alpha value is -0.0400. The quantitative estimate of drug-likeness (QED) is 0.562. The molecule has 0 amide bonds. The van der Waals surface area contributed by atoms with Gasteiger partial charge in [-0.2, -0.15) is 0 Å². The van der Waals surface area contributed by atoms with Crippen molar-refractivity contribution < 1.29 is 4.74 Å². The van der Waals surface area contributed by atoms with Crippen molar-refractivity contribution in [3.8, 4) is 0 Å². The van der Waals surface area contributed by atoms with E-state index in [1.807, 2.05) is 0 Å². The second-order valence-corrected chi connectivity index (χ2v) is 3.93. The zero-order valence-electron chi connectivity index (χ0n) is 7.09. The highest BCUT2D eigenvalue weighted by Crippen LogP contribution is 2.38. The maximum Gasteiger partial charge on any atom is 0.0604 e. The van der Waals surface area contributed by atoms with Gasteiger partial charge in [-0.15, -0.1) is 0 Å². The van der Waals surface area contributed by atoms with E-state index in [1.165, 1.54) is 25.7 Å². The van der Waals surface area contributed by atoms with Gasteiger partial charge in [0, 0.05) is 6.61 Å². The van der Waals surface area contributed by atoms with E-state index < -0.39 is 0 Å². The lowest BCUT2D eigenvalue weighted by Gasteiger charge is -2.29. The molecule has 1 saturated carbocycles. The fourth-order valence-corrected chi connectivity index (χ4v) is 2.49. The van der Waals surface area contributed by atoms with Gasteiger partial charge in [0.15, 0.2) is 0 Å². The molecule has 1 heteroatoms. The molecule has 1 heterocycles. The van der Waals surface area contributed by atoms with Crippen molar-refractivity contribution in [2.45, 2.75) is 38.2 Å². The van der Waals surface area contributed by atoms with Crippen molar-refractivity contribution in [1.82, 2.24) is 0 Å². The van der Waals surface area contributed by atoms with Gasteiger partial charge in [-0.25, -0.2) is 0 Å². The SMILES string of the molecule is [CH2]CC1CCC2OCCC2C1. The van der Waals surface area contributed by atoms with E-state index in [0.717, 1.165) is 24.9 Å². The molecule has 3 unspecified atom stereocenters. The van der Waals surface area contributed by atoms with Crippen molar-refractivity contribution in [2.24, 2.45) is 11.8 Å². The van der Waals surface area contributed by atoms with E-state index in [-0.39, 0.29) is 0 Å². The normalized spacial score (nSPS) is 43.9. The maximum atomic E-state index is 5.63. The van der Waals surface area contributed by atoms with Gasteiger partial charge in [0.1, 0.15) is 0 Å². The number of rotatable bonds is 1. The Morgan fingerprint density at radius 3 is 3.00 bits per heavy atom. The van der Waals surface area contributed by atoms with Gasteiger partial charge in [-0.3, -0.25) is 0 Å². The van der Waals surface area contributed by atoms with Gasteiger partial charge in [0.05, 0.1) is 6.10 Å². The van der Waals surface area contributed by atoms with Crippen LogP contribution in [-0.2, 0) is 4.74 Å². The second kappa shape index (κ2) is 3.14. The third kappa shape index (κ3) is 1.44. The predicted molar refractivity (Wildman–Crippen MR) is 45.2 cm³/mol. The van der Waals surface area contributed by atoms with Crippen LogP contribution in [0, 0.1) is 18.8 Å². The van der Waals surface area contributed by atoms with Gasteiger partial charge in [0.2, 0.25) is 0 Å². The van der Waals surface area contributed by atoms with E-state index in [9.17, 15) is 0 Å². The van der Waals surface area contributed by atoms with Crippen LogP contribution in [0.1, 0.15) is 32.1 Å². The van der Waals surface area contributed by atoms with Crippen molar-refractivity contribution in [2.75, 3.05) is 6.61 Å². The largest absolute Gasteiger partial charge is 0.378 e. The molecule has 0 N–H and O–H groups in total. The lowest BCUT2D eigenvalue weighted by molar-refractivity contribution is 0.0519. The molecular formula is C10H17O. The Kier molecular flexibility index (Phi) is 2.17. The molecular weight excluding hydrogens is 136 g/mol. The van der Waals surface area contributed by atoms with Crippen molar-refractivity contribution in [3.63, 3.8) is 0 Å². The zero-order valence-corrected chi connectivity index (χ0v) is 7.09. The van der Waals surface area contributed by atoms with E-state index >= 15 is 0 Å². The Morgan fingerprint density at radius 1 is 1.27 bits per heavy atom. The van der Waals surface area contributed by atoms with Gasteiger partial charge in [-0.1, -0.05) is 13.3 Å². The molecule has 11 heavy (non-hydrogen) atoms. The van der Waals surface area contributed by atoms with E-state index in [0.29, 0.717) is 6.10 Å². The number of hydrogen-bond donors (Lipinski definition) is 0. The topological polar surface area (TPSA) is 9.23 Å². The van der Waals surface area contributed by atoms with Crippen LogP contribution in [0.15, 0.2) is 0 Å².